The number of carbonyl (C=O) groups is 2. The maximum atomic E-state index is 12.7. The molecule has 1 unspecified atom stereocenters. The number of amides is 1. The summed E-state index contributed by atoms with van der Waals surface area (Å²) in [5.74, 6) is 0.856. The van der Waals surface area contributed by atoms with Gasteiger partial charge in [0.2, 0.25) is 5.91 Å². The van der Waals surface area contributed by atoms with Crippen molar-refractivity contribution in [1.29, 1.82) is 0 Å². The lowest BCUT2D eigenvalue weighted by Crippen LogP contribution is -2.30. The van der Waals surface area contributed by atoms with Crippen LogP contribution in [0.4, 0.5) is 5.00 Å². The monoisotopic (exact) mass is 416 g/mol. The molecule has 0 saturated heterocycles. The summed E-state index contributed by atoms with van der Waals surface area (Å²) in [7, 11) is 4.91. The van der Waals surface area contributed by atoms with Crippen LogP contribution < -0.4 is 10.1 Å². The van der Waals surface area contributed by atoms with Crippen molar-refractivity contribution < 1.29 is 19.1 Å². The molecule has 1 atom stereocenters. The van der Waals surface area contributed by atoms with Crippen molar-refractivity contribution in [1.82, 2.24) is 4.90 Å². The summed E-state index contributed by atoms with van der Waals surface area (Å²) in [4.78, 5) is 28.1. The molecule has 7 heteroatoms. The standard InChI is InChI=1S/C22H28N2O4S/c1-14-8-9-17-18(10-14)29-21(20(17)22(26)28-4)23-19(25)13-24(2)12-15-6-5-7-16(11-15)27-3/h5-7,11,14H,8-10,12-13H2,1-4H3,(H,23,25). The molecule has 6 nitrogen and oxygen atoms in total. The number of hydrogen-bond donors (Lipinski definition) is 1. The Morgan fingerprint density at radius 3 is 2.83 bits per heavy atom. The number of anilines is 1. The van der Waals surface area contributed by atoms with Crippen LogP contribution in [0.3, 0.4) is 0 Å². The first kappa shape index (κ1) is 21.3. The number of hydrogen-bond acceptors (Lipinski definition) is 6. The van der Waals surface area contributed by atoms with Gasteiger partial charge in [-0.1, -0.05) is 19.1 Å². The molecule has 2 aromatic rings. The fourth-order valence-electron chi connectivity index (χ4n) is 3.71. The van der Waals surface area contributed by atoms with Gasteiger partial charge in [-0.2, -0.15) is 0 Å². The number of benzene rings is 1. The Kier molecular flexibility index (Phi) is 6.92. The molecule has 1 aliphatic rings. The van der Waals surface area contributed by atoms with Crippen LogP contribution in [0, 0.1) is 5.92 Å². The number of esters is 1. The Morgan fingerprint density at radius 1 is 1.31 bits per heavy atom. The molecule has 3 rings (SSSR count). The minimum Gasteiger partial charge on any atom is -0.497 e. The second-order valence-corrected chi connectivity index (χ2v) is 8.72. The summed E-state index contributed by atoms with van der Waals surface area (Å²) < 4.78 is 10.2. The number of likely N-dealkylation sites (N-methyl/N-ethyl adjacent to an activating group) is 1. The van der Waals surface area contributed by atoms with E-state index in [0.29, 0.717) is 23.0 Å². The second kappa shape index (κ2) is 9.41. The van der Waals surface area contributed by atoms with E-state index < -0.39 is 0 Å². The van der Waals surface area contributed by atoms with Crippen LogP contribution in [0.2, 0.25) is 0 Å². The van der Waals surface area contributed by atoms with Crippen molar-refractivity contribution >= 4 is 28.2 Å². The number of thiophene rings is 1. The summed E-state index contributed by atoms with van der Waals surface area (Å²) >= 11 is 1.51. The van der Waals surface area contributed by atoms with E-state index in [1.165, 1.54) is 23.3 Å². The van der Waals surface area contributed by atoms with Crippen LogP contribution in [-0.4, -0.2) is 44.6 Å². The molecule has 1 heterocycles. The number of nitrogens with zero attached hydrogens (tertiary/aromatic N) is 1. The van der Waals surface area contributed by atoms with Gasteiger partial charge in [0.15, 0.2) is 0 Å². The maximum absolute atomic E-state index is 12.7. The SMILES string of the molecule is COC(=O)c1c(NC(=O)CN(C)Cc2cccc(OC)c2)sc2c1CCC(C)C2. The van der Waals surface area contributed by atoms with Gasteiger partial charge in [-0.3, -0.25) is 9.69 Å². The largest absolute Gasteiger partial charge is 0.497 e. The minimum absolute atomic E-state index is 0.146. The van der Waals surface area contributed by atoms with Crippen molar-refractivity contribution in [2.75, 3.05) is 33.1 Å². The van der Waals surface area contributed by atoms with E-state index in [0.717, 1.165) is 36.1 Å². The molecule has 29 heavy (non-hydrogen) atoms. The highest BCUT2D eigenvalue weighted by molar-refractivity contribution is 7.17. The molecule has 156 valence electrons. The van der Waals surface area contributed by atoms with Crippen LogP contribution in [0.15, 0.2) is 24.3 Å². The van der Waals surface area contributed by atoms with E-state index in [4.69, 9.17) is 9.47 Å². The van der Waals surface area contributed by atoms with E-state index in [9.17, 15) is 9.59 Å². The van der Waals surface area contributed by atoms with Crippen LogP contribution in [0.25, 0.3) is 0 Å². The van der Waals surface area contributed by atoms with Crippen molar-refractivity contribution in [3.8, 4) is 5.75 Å². The molecular weight excluding hydrogens is 388 g/mol. The zero-order valence-electron chi connectivity index (χ0n) is 17.4. The van der Waals surface area contributed by atoms with Gasteiger partial charge in [0, 0.05) is 11.4 Å². The predicted octanol–water partition coefficient (Wildman–Crippen LogP) is 3.74. The highest BCUT2D eigenvalue weighted by Crippen LogP contribution is 2.40. The van der Waals surface area contributed by atoms with Crippen LogP contribution in [0.5, 0.6) is 5.75 Å². The third-order valence-corrected chi connectivity index (χ3v) is 6.32. The Labute approximate surface area is 175 Å². The van der Waals surface area contributed by atoms with Gasteiger partial charge >= 0.3 is 5.97 Å². The highest BCUT2D eigenvalue weighted by atomic mass is 32.1. The fourth-order valence-corrected chi connectivity index (χ4v) is 5.12. The van der Waals surface area contributed by atoms with Crippen molar-refractivity contribution in [3.05, 3.63) is 45.8 Å². The molecule has 1 aromatic carbocycles. The number of nitrogens with one attached hydrogen (secondary N) is 1. The first-order chi connectivity index (χ1) is 13.9. The van der Waals surface area contributed by atoms with Crippen molar-refractivity contribution in [3.63, 3.8) is 0 Å². The van der Waals surface area contributed by atoms with Crippen LogP contribution in [0.1, 0.15) is 39.7 Å². The summed E-state index contributed by atoms with van der Waals surface area (Å²) in [5, 5.41) is 3.56. The van der Waals surface area contributed by atoms with Crippen LogP contribution in [-0.2, 0) is 28.9 Å². The normalized spacial score (nSPS) is 15.7. The van der Waals surface area contributed by atoms with E-state index in [1.807, 2.05) is 36.2 Å². The van der Waals surface area contributed by atoms with Gasteiger partial charge in [0.25, 0.3) is 0 Å². The highest BCUT2D eigenvalue weighted by Gasteiger charge is 2.29. The average Bonchev–Trinajstić information content (AvgIpc) is 3.03. The molecule has 1 N–H and O–H groups in total. The van der Waals surface area contributed by atoms with Crippen molar-refractivity contribution in [2.45, 2.75) is 32.7 Å². The van der Waals surface area contributed by atoms with Gasteiger partial charge in [0.1, 0.15) is 10.8 Å². The topological polar surface area (TPSA) is 67.9 Å². The second-order valence-electron chi connectivity index (χ2n) is 7.62. The number of methoxy groups -OCH3 is 2. The van der Waals surface area contributed by atoms with Gasteiger partial charge in [-0.05, 0) is 55.5 Å². The van der Waals surface area contributed by atoms with Crippen molar-refractivity contribution in [2.24, 2.45) is 5.92 Å². The first-order valence-corrected chi connectivity index (χ1v) is 10.6. The minimum atomic E-state index is -0.378. The average molecular weight is 417 g/mol. The molecule has 0 aliphatic heterocycles. The molecule has 0 saturated carbocycles. The molecular formula is C22H28N2O4S. The maximum Gasteiger partial charge on any atom is 0.341 e. The van der Waals surface area contributed by atoms with Gasteiger partial charge in [-0.25, -0.2) is 4.79 Å². The summed E-state index contributed by atoms with van der Waals surface area (Å²) in [6, 6.07) is 7.78. The Bertz CT molecular complexity index is 893. The van der Waals surface area contributed by atoms with Gasteiger partial charge in [-0.15, -0.1) is 11.3 Å². The van der Waals surface area contributed by atoms with E-state index in [-0.39, 0.29) is 18.4 Å². The molecule has 1 amide bonds. The Balaban J connectivity index is 1.69. The summed E-state index contributed by atoms with van der Waals surface area (Å²) in [5.41, 5.74) is 2.64. The lowest BCUT2D eigenvalue weighted by atomic mass is 9.88. The number of fused-ring (bicyclic) bond motifs is 1. The number of rotatable bonds is 7. The molecule has 0 spiro atoms. The first-order valence-electron chi connectivity index (χ1n) is 9.75. The predicted molar refractivity (Wildman–Crippen MR) is 115 cm³/mol. The Morgan fingerprint density at radius 2 is 2.10 bits per heavy atom. The quantitative estimate of drug-likeness (QED) is 0.697. The lowest BCUT2D eigenvalue weighted by molar-refractivity contribution is -0.117. The third-order valence-electron chi connectivity index (χ3n) is 5.15. The van der Waals surface area contributed by atoms with Gasteiger partial charge < -0.3 is 14.8 Å². The molecule has 1 aromatic heterocycles. The van der Waals surface area contributed by atoms with E-state index in [2.05, 4.69) is 12.2 Å². The third kappa shape index (κ3) is 5.16. The Hall–Kier alpha value is -2.38. The zero-order valence-corrected chi connectivity index (χ0v) is 18.2. The molecule has 0 fully saturated rings. The number of ether oxygens (including phenoxy) is 2. The fraction of sp³-hybridized carbons (Fsp3) is 0.455. The van der Waals surface area contributed by atoms with E-state index >= 15 is 0 Å². The summed E-state index contributed by atoms with van der Waals surface area (Å²) in [6.07, 6.45) is 2.84. The van der Waals surface area contributed by atoms with Crippen LogP contribution >= 0.6 is 11.3 Å². The molecule has 1 aliphatic carbocycles. The lowest BCUT2D eigenvalue weighted by Gasteiger charge is -2.18. The zero-order chi connectivity index (χ0) is 21.0. The number of carbonyl (C=O) groups excluding carboxylic acids is 2. The summed E-state index contributed by atoms with van der Waals surface area (Å²) in [6.45, 7) is 3.05. The smallest absolute Gasteiger partial charge is 0.341 e. The molecule has 0 bridgehead atoms. The molecule has 0 radical (unpaired) electrons. The van der Waals surface area contributed by atoms with E-state index in [1.54, 1.807) is 7.11 Å². The van der Waals surface area contributed by atoms with Gasteiger partial charge in [0.05, 0.1) is 26.3 Å².